The van der Waals surface area contributed by atoms with Crippen molar-refractivity contribution < 1.29 is 9.66 Å². The summed E-state index contributed by atoms with van der Waals surface area (Å²) < 4.78 is 5.52. The molecule has 0 saturated carbocycles. The molecule has 0 spiro atoms. The zero-order chi connectivity index (χ0) is 14.5. The number of non-ortho nitro benzene ring substituents is 1. The molecular formula is C14H21N3O3. The third kappa shape index (κ3) is 3.60. The summed E-state index contributed by atoms with van der Waals surface area (Å²) in [5.74, 6) is 0.455. The number of hydrogen-bond acceptors (Lipinski definition) is 5. The van der Waals surface area contributed by atoms with E-state index in [2.05, 4.69) is 17.6 Å². The number of nitrogens with zero attached hydrogens (tertiary/aromatic N) is 1. The lowest BCUT2D eigenvalue weighted by molar-refractivity contribution is -0.384. The summed E-state index contributed by atoms with van der Waals surface area (Å²) in [7, 11) is 0. The van der Waals surface area contributed by atoms with Gasteiger partial charge in [0.1, 0.15) is 0 Å². The first-order valence-electron chi connectivity index (χ1n) is 6.99. The van der Waals surface area contributed by atoms with Crippen molar-refractivity contribution in [2.75, 3.05) is 30.3 Å². The first kappa shape index (κ1) is 14.6. The second kappa shape index (κ2) is 6.56. The molecule has 6 nitrogen and oxygen atoms in total. The summed E-state index contributed by atoms with van der Waals surface area (Å²) in [5, 5.41) is 17.3. The number of benzene rings is 1. The SMILES string of the molecule is CCNc1cc(NCC2CCOC2C)cc([N+](=O)[O-])c1. The van der Waals surface area contributed by atoms with Crippen molar-refractivity contribution in [3.8, 4) is 0 Å². The summed E-state index contributed by atoms with van der Waals surface area (Å²) in [4.78, 5) is 10.6. The van der Waals surface area contributed by atoms with E-state index < -0.39 is 0 Å². The molecule has 1 aliphatic rings. The van der Waals surface area contributed by atoms with Crippen LogP contribution in [0.15, 0.2) is 18.2 Å². The zero-order valence-corrected chi connectivity index (χ0v) is 11.9. The van der Waals surface area contributed by atoms with Gasteiger partial charge in [-0.25, -0.2) is 0 Å². The van der Waals surface area contributed by atoms with Crippen LogP contribution in [0.4, 0.5) is 17.1 Å². The minimum atomic E-state index is -0.368. The molecular weight excluding hydrogens is 258 g/mol. The highest BCUT2D eigenvalue weighted by Crippen LogP contribution is 2.26. The first-order chi connectivity index (χ1) is 9.60. The molecule has 1 heterocycles. The molecule has 0 radical (unpaired) electrons. The average molecular weight is 279 g/mol. The molecule has 0 aromatic heterocycles. The minimum Gasteiger partial charge on any atom is -0.385 e. The topological polar surface area (TPSA) is 76.4 Å². The highest BCUT2D eigenvalue weighted by molar-refractivity contribution is 5.63. The molecule has 2 atom stereocenters. The van der Waals surface area contributed by atoms with E-state index >= 15 is 0 Å². The molecule has 2 rings (SSSR count). The van der Waals surface area contributed by atoms with Crippen LogP contribution in [-0.2, 0) is 4.74 Å². The van der Waals surface area contributed by atoms with Crippen molar-refractivity contribution in [2.45, 2.75) is 26.4 Å². The van der Waals surface area contributed by atoms with Gasteiger partial charge in [-0.05, 0) is 26.3 Å². The van der Waals surface area contributed by atoms with Crippen LogP contribution in [0.1, 0.15) is 20.3 Å². The third-order valence-electron chi connectivity index (χ3n) is 3.61. The second-order valence-electron chi connectivity index (χ2n) is 5.06. The van der Waals surface area contributed by atoms with Crippen LogP contribution in [0.3, 0.4) is 0 Å². The van der Waals surface area contributed by atoms with E-state index in [-0.39, 0.29) is 16.7 Å². The number of rotatable bonds is 6. The van der Waals surface area contributed by atoms with Crippen molar-refractivity contribution >= 4 is 17.1 Å². The van der Waals surface area contributed by atoms with Gasteiger partial charge < -0.3 is 15.4 Å². The quantitative estimate of drug-likeness (QED) is 0.618. The van der Waals surface area contributed by atoms with Gasteiger partial charge in [-0.2, -0.15) is 0 Å². The molecule has 1 aromatic carbocycles. The maximum Gasteiger partial charge on any atom is 0.273 e. The van der Waals surface area contributed by atoms with Crippen LogP contribution >= 0.6 is 0 Å². The number of nitro benzene ring substituents is 1. The monoisotopic (exact) mass is 279 g/mol. The maximum atomic E-state index is 11.0. The van der Waals surface area contributed by atoms with Gasteiger partial charge in [-0.3, -0.25) is 10.1 Å². The summed E-state index contributed by atoms with van der Waals surface area (Å²) in [6, 6.07) is 5.02. The summed E-state index contributed by atoms with van der Waals surface area (Å²) in [5.41, 5.74) is 1.64. The summed E-state index contributed by atoms with van der Waals surface area (Å²) in [6.45, 7) is 6.33. The molecule has 0 amide bonds. The molecule has 2 N–H and O–H groups in total. The van der Waals surface area contributed by atoms with Crippen LogP contribution < -0.4 is 10.6 Å². The lowest BCUT2D eigenvalue weighted by Gasteiger charge is -2.16. The highest BCUT2D eigenvalue weighted by atomic mass is 16.6. The number of anilines is 2. The van der Waals surface area contributed by atoms with Crippen LogP contribution in [-0.4, -0.2) is 30.7 Å². The Bertz CT molecular complexity index is 479. The number of ether oxygens (including phenoxy) is 1. The minimum absolute atomic E-state index is 0.0988. The van der Waals surface area contributed by atoms with Gasteiger partial charge in [0.05, 0.1) is 11.0 Å². The van der Waals surface area contributed by atoms with Crippen LogP contribution in [0.25, 0.3) is 0 Å². The molecule has 6 heteroatoms. The third-order valence-corrected chi connectivity index (χ3v) is 3.61. The maximum absolute atomic E-state index is 11.0. The van der Waals surface area contributed by atoms with Crippen molar-refractivity contribution in [1.29, 1.82) is 0 Å². The predicted molar refractivity (Wildman–Crippen MR) is 79.3 cm³/mol. The van der Waals surface area contributed by atoms with E-state index in [9.17, 15) is 10.1 Å². The van der Waals surface area contributed by atoms with Gasteiger partial charge in [-0.15, -0.1) is 0 Å². The van der Waals surface area contributed by atoms with E-state index in [1.165, 1.54) is 0 Å². The van der Waals surface area contributed by atoms with Crippen molar-refractivity contribution in [2.24, 2.45) is 5.92 Å². The van der Waals surface area contributed by atoms with Gasteiger partial charge >= 0.3 is 0 Å². The molecule has 0 aliphatic carbocycles. The molecule has 1 saturated heterocycles. The normalized spacial score (nSPS) is 21.7. The Morgan fingerprint density at radius 1 is 1.35 bits per heavy atom. The molecule has 1 fully saturated rings. The zero-order valence-electron chi connectivity index (χ0n) is 11.9. The fourth-order valence-electron chi connectivity index (χ4n) is 2.42. The highest BCUT2D eigenvalue weighted by Gasteiger charge is 2.23. The fraction of sp³-hybridized carbons (Fsp3) is 0.571. The number of hydrogen-bond donors (Lipinski definition) is 2. The van der Waals surface area contributed by atoms with E-state index in [0.717, 1.165) is 37.5 Å². The van der Waals surface area contributed by atoms with Crippen LogP contribution in [0.2, 0.25) is 0 Å². The van der Waals surface area contributed by atoms with E-state index in [1.807, 2.05) is 13.0 Å². The second-order valence-corrected chi connectivity index (χ2v) is 5.06. The Kier molecular flexibility index (Phi) is 4.79. The van der Waals surface area contributed by atoms with Gasteiger partial charge in [0.2, 0.25) is 0 Å². The van der Waals surface area contributed by atoms with Gasteiger partial charge in [0.25, 0.3) is 5.69 Å². The van der Waals surface area contributed by atoms with E-state index in [0.29, 0.717) is 5.92 Å². The lowest BCUT2D eigenvalue weighted by atomic mass is 10.0. The summed E-state index contributed by atoms with van der Waals surface area (Å²) >= 11 is 0. The van der Waals surface area contributed by atoms with Crippen molar-refractivity contribution in [3.05, 3.63) is 28.3 Å². The van der Waals surface area contributed by atoms with Crippen LogP contribution in [0.5, 0.6) is 0 Å². The Hall–Kier alpha value is -1.82. The number of nitro groups is 1. The molecule has 20 heavy (non-hydrogen) atoms. The largest absolute Gasteiger partial charge is 0.385 e. The van der Waals surface area contributed by atoms with Crippen molar-refractivity contribution in [1.82, 2.24) is 0 Å². The Morgan fingerprint density at radius 3 is 2.60 bits per heavy atom. The fourth-order valence-corrected chi connectivity index (χ4v) is 2.42. The van der Waals surface area contributed by atoms with Gasteiger partial charge in [-0.1, -0.05) is 0 Å². The predicted octanol–water partition coefficient (Wildman–Crippen LogP) is 2.86. The molecule has 2 unspecified atom stereocenters. The number of nitrogens with one attached hydrogen (secondary N) is 2. The summed E-state index contributed by atoms with van der Waals surface area (Å²) in [6.07, 6.45) is 1.28. The van der Waals surface area contributed by atoms with Crippen molar-refractivity contribution in [3.63, 3.8) is 0 Å². The molecule has 0 bridgehead atoms. The van der Waals surface area contributed by atoms with Gasteiger partial charge in [0.15, 0.2) is 0 Å². The van der Waals surface area contributed by atoms with Crippen LogP contribution in [0, 0.1) is 16.0 Å². The first-order valence-corrected chi connectivity index (χ1v) is 6.99. The molecule has 1 aromatic rings. The smallest absolute Gasteiger partial charge is 0.273 e. The van der Waals surface area contributed by atoms with E-state index in [1.54, 1.807) is 12.1 Å². The lowest BCUT2D eigenvalue weighted by Crippen LogP contribution is -2.20. The Labute approximate surface area is 118 Å². The van der Waals surface area contributed by atoms with E-state index in [4.69, 9.17) is 4.74 Å². The Morgan fingerprint density at radius 2 is 2.05 bits per heavy atom. The average Bonchev–Trinajstić information content (AvgIpc) is 2.82. The molecule has 110 valence electrons. The van der Waals surface area contributed by atoms with Gasteiger partial charge in [0, 0.05) is 49.1 Å². The standard InChI is InChI=1S/C14H21N3O3/c1-3-15-12-6-13(8-14(7-12)17(18)19)16-9-11-4-5-20-10(11)2/h6-8,10-11,15-16H,3-5,9H2,1-2H3. The Balaban J connectivity index is 2.07. The molecule has 1 aliphatic heterocycles.